The van der Waals surface area contributed by atoms with E-state index in [0.29, 0.717) is 18.2 Å². The maximum absolute atomic E-state index is 12.3. The summed E-state index contributed by atoms with van der Waals surface area (Å²) in [5.74, 6) is 1.05. The summed E-state index contributed by atoms with van der Waals surface area (Å²) in [6.07, 6.45) is 1.94. The maximum Gasteiger partial charge on any atom is 0.415 e. The molecule has 0 radical (unpaired) electrons. The number of cyclic esters (lactones) is 1. The minimum atomic E-state index is -0.439. The first kappa shape index (κ1) is 14.2. The molecule has 0 aliphatic carbocycles. The van der Waals surface area contributed by atoms with Gasteiger partial charge in [-0.1, -0.05) is 12.1 Å². The Labute approximate surface area is 125 Å². The molecule has 5 heteroatoms. The predicted molar refractivity (Wildman–Crippen MR) is 80.8 cm³/mol. The molecule has 3 rings (SSSR count). The fraction of sp³-hybridized carbons (Fsp3) is 0.562. The smallest absolute Gasteiger partial charge is 0.415 e. The summed E-state index contributed by atoms with van der Waals surface area (Å²) in [5, 5.41) is 3.39. The van der Waals surface area contributed by atoms with Crippen LogP contribution in [0.1, 0.15) is 19.8 Å². The number of para-hydroxylation sites is 2. The standard InChI is InChI=1S/C16H22N2O3/c1-16(12-6-5-9-17-10-12)11-18(15(19)21-16)13-7-3-4-8-14(13)20-2/h3-4,7-8,12,17H,5-6,9-11H2,1-2H3. The highest BCUT2D eigenvalue weighted by Crippen LogP contribution is 2.38. The number of methoxy groups -OCH3 is 1. The third-order valence-corrected chi connectivity index (χ3v) is 4.55. The number of ether oxygens (including phenoxy) is 2. The average molecular weight is 290 g/mol. The topological polar surface area (TPSA) is 50.8 Å². The molecule has 2 fully saturated rings. The van der Waals surface area contributed by atoms with Gasteiger partial charge in [-0.05, 0) is 38.4 Å². The molecule has 0 bridgehead atoms. The molecule has 21 heavy (non-hydrogen) atoms. The second-order valence-electron chi connectivity index (χ2n) is 5.98. The summed E-state index contributed by atoms with van der Waals surface area (Å²) in [6.45, 7) is 4.57. The van der Waals surface area contributed by atoms with Gasteiger partial charge in [0.05, 0.1) is 19.3 Å². The Morgan fingerprint density at radius 1 is 1.43 bits per heavy atom. The highest BCUT2D eigenvalue weighted by atomic mass is 16.6. The van der Waals surface area contributed by atoms with Gasteiger partial charge in [-0.2, -0.15) is 0 Å². The molecule has 0 aromatic heterocycles. The molecule has 2 aliphatic rings. The number of nitrogens with one attached hydrogen (secondary N) is 1. The third-order valence-electron chi connectivity index (χ3n) is 4.55. The predicted octanol–water partition coefficient (Wildman–Crippen LogP) is 2.41. The number of hydrogen-bond donors (Lipinski definition) is 1. The van der Waals surface area contributed by atoms with Crippen molar-refractivity contribution in [3.8, 4) is 5.75 Å². The third kappa shape index (κ3) is 2.58. The van der Waals surface area contributed by atoms with Crippen molar-refractivity contribution >= 4 is 11.8 Å². The lowest BCUT2D eigenvalue weighted by molar-refractivity contribution is 0.0123. The van der Waals surface area contributed by atoms with Gasteiger partial charge in [0.25, 0.3) is 0 Å². The molecule has 1 aromatic carbocycles. The van der Waals surface area contributed by atoms with Crippen molar-refractivity contribution in [2.24, 2.45) is 5.92 Å². The molecule has 5 nitrogen and oxygen atoms in total. The van der Waals surface area contributed by atoms with Crippen LogP contribution in [0, 0.1) is 5.92 Å². The van der Waals surface area contributed by atoms with Crippen molar-refractivity contribution in [1.29, 1.82) is 0 Å². The Balaban J connectivity index is 1.84. The largest absolute Gasteiger partial charge is 0.495 e. The summed E-state index contributed by atoms with van der Waals surface area (Å²) in [5.41, 5.74) is 0.336. The van der Waals surface area contributed by atoms with E-state index in [1.807, 2.05) is 31.2 Å². The lowest BCUT2D eigenvalue weighted by atomic mass is 9.83. The molecule has 2 aliphatic heterocycles. The van der Waals surface area contributed by atoms with Gasteiger partial charge in [-0.15, -0.1) is 0 Å². The highest BCUT2D eigenvalue weighted by Gasteiger charge is 2.48. The zero-order valence-electron chi connectivity index (χ0n) is 12.6. The first-order chi connectivity index (χ1) is 10.1. The molecule has 114 valence electrons. The molecule has 1 N–H and O–H groups in total. The van der Waals surface area contributed by atoms with E-state index in [1.165, 1.54) is 0 Å². The fourth-order valence-electron chi connectivity index (χ4n) is 3.29. The van der Waals surface area contributed by atoms with Crippen LogP contribution in [0.2, 0.25) is 0 Å². The van der Waals surface area contributed by atoms with Gasteiger partial charge >= 0.3 is 6.09 Å². The highest BCUT2D eigenvalue weighted by molar-refractivity contribution is 5.92. The average Bonchev–Trinajstić information content (AvgIpc) is 2.84. The molecule has 2 saturated heterocycles. The van der Waals surface area contributed by atoms with Crippen molar-refractivity contribution in [3.05, 3.63) is 24.3 Å². The van der Waals surface area contributed by atoms with Crippen LogP contribution in [0.4, 0.5) is 10.5 Å². The van der Waals surface area contributed by atoms with E-state index in [-0.39, 0.29) is 6.09 Å². The molecule has 2 unspecified atom stereocenters. The first-order valence-corrected chi connectivity index (χ1v) is 7.48. The SMILES string of the molecule is COc1ccccc1N1CC(C)(C2CCCNC2)OC1=O. The zero-order chi connectivity index (χ0) is 14.9. The van der Waals surface area contributed by atoms with Gasteiger partial charge < -0.3 is 14.8 Å². The van der Waals surface area contributed by atoms with Gasteiger partial charge in [-0.3, -0.25) is 4.90 Å². The van der Waals surface area contributed by atoms with Crippen molar-refractivity contribution in [2.45, 2.75) is 25.4 Å². The van der Waals surface area contributed by atoms with Crippen LogP contribution in [0.3, 0.4) is 0 Å². The minimum Gasteiger partial charge on any atom is -0.495 e. The van der Waals surface area contributed by atoms with Crippen LogP contribution < -0.4 is 15.0 Å². The normalized spacial score (nSPS) is 29.3. The monoisotopic (exact) mass is 290 g/mol. The van der Waals surface area contributed by atoms with Crippen LogP contribution in [0.15, 0.2) is 24.3 Å². The van der Waals surface area contributed by atoms with Crippen molar-refractivity contribution in [2.75, 3.05) is 31.6 Å². The fourth-order valence-corrected chi connectivity index (χ4v) is 3.29. The second-order valence-corrected chi connectivity index (χ2v) is 5.98. The summed E-state index contributed by atoms with van der Waals surface area (Å²) >= 11 is 0. The van der Waals surface area contributed by atoms with Gasteiger partial charge in [0.1, 0.15) is 11.4 Å². The lowest BCUT2D eigenvalue weighted by Gasteiger charge is -2.34. The van der Waals surface area contributed by atoms with Crippen molar-refractivity contribution < 1.29 is 14.3 Å². The van der Waals surface area contributed by atoms with Crippen LogP contribution in [0.25, 0.3) is 0 Å². The molecule has 0 spiro atoms. The molecule has 1 aromatic rings. The van der Waals surface area contributed by atoms with Gasteiger partial charge in [0, 0.05) is 12.5 Å². The van der Waals surface area contributed by atoms with Crippen LogP contribution in [0.5, 0.6) is 5.75 Å². The number of carbonyl (C=O) groups excluding carboxylic acids is 1. The molecular weight excluding hydrogens is 268 g/mol. The van der Waals surface area contributed by atoms with Crippen LogP contribution in [-0.4, -0.2) is 38.4 Å². The number of anilines is 1. The Hall–Kier alpha value is -1.75. The summed E-state index contributed by atoms with van der Waals surface area (Å²) < 4.78 is 11.1. The number of carbonyl (C=O) groups is 1. The Morgan fingerprint density at radius 2 is 2.24 bits per heavy atom. The number of amides is 1. The summed E-state index contributed by atoms with van der Waals surface area (Å²) in [4.78, 5) is 14.0. The van der Waals surface area contributed by atoms with E-state index in [0.717, 1.165) is 31.6 Å². The quantitative estimate of drug-likeness (QED) is 0.929. The Bertz CT molecular complexity index is 528. The maximum atomic E-state index is 12.3. The second kappa shape index (κ2) is 5.56. The number of benzene rings is 1. The number of piperidine rings is 1. The van der Waals surface area contributed by atoms with E-state index in [9.17, 15) is 4.79 Å². The number of nitrogens with zero attached hydrogens (tertiary/aromatic N) is 1. The molecule has 1 amide bonds. The molecule has 2 heterocycles. The Morgan fingerprint density at radius 3 is 2.95 bits per heavy atom. The van der Waals surface area contributed by atoms with E-state index < -0.39 is 5.60 Å². The molecule has 2 atom stereocenters. The lowest BCUT2D eigenvalue weighted by Crippen LogP contribution is -2.46. The Kier molecular flexibility index (Phi) is 3.76. The van der Waals surface area contributed by atoms with E-state index >= 15 is 0 Å². The van der Waals surface area contributed by atoms with Gasteiger partial charge in [0.2, 0.25) is 0 Å². The van der Waals surface area contributed by atoms with Crippen molar-refractivity contribution in [1.82, 2.24) is 5.32 Å². The molecular formula is C16H22N2O3. The van der Waals surface area contributed by atoms with Gasteiger partial charge in [0.15, 0.2) is 0 Å². The first-order valence-electron chi connectivity index (χ1n) is 7.48. The van der Waals surface area contributed by atoms with Crippen LogP contribution >= 0.6 is 0 Å². The molecule has 0 saturated carbocycles. The van der Waals surface area contributed by atoms with Gasteiger partial charge in [-0.25, -0.2) is 4.79 Å². The van der Waals surface area contributed by atoms with Crippen LogP contribution in [-0.2, 0) is 4.74 Å². The van der Waals surface area contributed by atoms with E-state index in [1.54, 1.807) is 12.0 Å². The van der Waals surface area contributed by atoms with E-state index in [2.05, 4.69) is 5.32 Å². The zero-order valence-corrected chi connectivity index (χ0v) is 12.6. The summed E-state index contributed by atoms with van der Waals surface area (Å²) in [7, 11) is 1.62. The minimum absolute atomic E-state index is 0.285. The van der Waals surface area contributed by atoms with Crippen molar-refractivity contribution in [3.63, 3.8) is 0 Å². The number of rotatable bonds is 3. The van der Waals surface area contributed by atoms with E-state index in [4.69, 9.17) is 9.47 Å². The summed E-state index contributed by atoms with van der Waals surface area (Å²) in [6, 6.07) is 7.56. The number of hydrogen-bond acceptors (Lipinski definition) is 4.